The summed E-state index contributed by atoms with van der Waals surface area (Å²) >= 11 is 3.85. The fourth-order valence-corrected chi connectivity index (χ4v) is 2.71. The average molecular weight is 332 g/mol. The molecular formula is C9H9IN4S. The largest absolute Gasteiger partial charge is 0.399 e. The zero-order valence-electron chi connectivity index (χ0n) is 8.01. The summed E-state index contributed by atoms with van der Waals surface area (Å²) in [6.07, 6.45) is 1.55. The van der Waals surface area contributed by atoms with Gasteiger partial charge in [0.1, 0.15) is 6.33 Å². The first-order valence-corrected chi connectivity index (χ1v) is 6.13. The molecule has 0 fully saturated rings. The molecule has 1 aromatic carbocycles. The number of benzene rings is 1. The summed E-state index contributed by atoms with van der Waals surface area (Å²) in [5.41, 5.74) is 6.46. The minimum atomic E-state index is 0.779. The molecule has 2 aromatic rings. The van der Waals surface area contributed by atoms with E-state index in [9.17, 15) is 0 Å². The second kappa shape index (κ2) is 4.40. The van der Waals surface area contributed by atoms with E-state index in [1.807, 2.05) is 25.2 Å². The van der Waals surface area contributed by atoms with Gasteiger partial charge in [-0.05, 0) is 52.6 Å². The van der Waals surface area contributed by atoms with Crippen LogP contribution in [0.2, 0.25) is 0 Å². The molecule has 0 saturated heterocycles. The van der Waals surface area contributed by atoms with Crippen molar-refractivity contribution in [3.05, 3.63) is 28.1 Å². The zero-order chi connectivity index (χ0) is 10.8. The lowest BCUT2D eigenvalue weighted by Gasteiger charge is -2.03. The summed E-state index contributed by atoms with van der Waals surface area (Å²) in [5.74, 6) is 0. The summed E-state index contributed by atoms with van der Waals surface area (Å²) in [7, 11) is 1.87. The number of nitrogens with two attached hydrogens (primary N) is 1. The van der Waals surface area contributed by atoms with Gasteiger partial charge in [0.15, 0.2) is 5.16 Å². The lowest BCUT2D eigenvalue weighted by molar-refractivity contribution is 0.685. The number of nitrogens with zero attached hydrogens (tertiary/aromatic N) is 3. The maximum Gasteiger partial charge on any atom is 0.190 e. The van der Waals surface area contributed by atoms with Gasteiger partial charge in [0.2, 0.25) is 0 Å². The third-order valence-electron chi connectivity index (χ3n) is 1.83. The van der Waals surface area contributed by atoms with E-state index >= 15 is 0 Å². The van der Waals surface area contributed by atoms with Crippen LogP contribution in [0.1, 0.15) is 0 Å². The molecule has 1 aromatic heterocycles. The van der Waals surface area contributed by atoms with E-state index in [4.69, 9.17) is 5.73 Å². The third kappa shape index (κ3) is 2.43. The minimum absolute atomic E-state index is 0.779. The molecule has 2 rings (SSSR count). The van der Waals surface area contributed by atoms with Gasteiger partial charge in [-0.3, -0.25) is 0 Å². The number of hydrogen-bond donors (Lipinski definition) is 1. The van der Waals surface area contributed by atoms with E-state index in [-0.39, 0.29) is 0 Å². The molecule has 0 saturated carbocycles. The van der Waals surface area contributed by atoms with Crippen LogP contribution in [0.3, 0.4) is 0 Å². The van der Waals surface area contributed by atoms with Crippen LogP contribution >= 0.6 is 34.4 Å². The Labute approximate surface area is 105 Å². The Hall–Kier alpha value is -0.760. The SMILES string of the molecule is Cn1ncnc1Sc1ccc(N)cc1I. The summed E-state index contributed by atoms with van der Waals surface area (Å²) in [6, 6.07) is 5.83. The molecular weight excluding hydrogens is 323 g/mol. The van der Waals surface area contributed by atoms with Crippen molar-refractivity contribution in [3.63, 3.8) is 0 Å². The number of anilines is 1. The van der Waals surface area contributed by atoms with Crippen molar-refractivity contribution < 1.29 is 0 Å². The van der Waals surface area contributed by atoms with Crippen molar-refractivity contribution in [3.8, 4) is 0 Å². The number of halogens is 1. The van der Waals surface area contributed by atoms with E-state index in [1.165, 1.54) is 0 Å². The van der Waals surface area contributed by atoms with E-state index < -0.39 is 0 Å². The fourth-order valence-electron chi connectivity index (χ4n) is 1.08. The maximum absolute atomic E-state index is 5.68. The normalized spacial score (nSPS) is 10.5. The van der Waals surface area contributed by atoms with Crippen LogP contribution in [-0.2, 0) is 7.05 Å². The molecule has 2 N–H and O–H groups in total. The van der Waals surface area contributed by atoms with Crippen LogP contribution in [0.25, 0.3) is 0 Å². The molecule has 0 radical (unpaired) electrons. The Balaban J connectivity index is 2.29. The van der Waals surface area contributed by atoms with Gasteiger partial charge in [0, 0.05) is 21.2 Å². The minimum Gasteiger partial charge on any atom is -0.399 e. The van der Waals surface area contributed by atoms with Crippen molar-refractivity contribution in [2.45, 2.75) is 10.1 Å². The van der Waals surface area contributed by atoms with Crippen molar-refractivity contribution in [1.29, 1.82) is 0 Å². The Kier molecular flexibility index (Phi) is 3.15. The second-order valence-electron chi connectivity index (χ2n) is 2.96. The highest BCUT2D eigenvalue weighted by Crippen LogP contribution is 2.30. The number of aryl methyl sites for hydroxylation is 1. The van der Waals surface area contributed by atoms with Crippen LogP contribution < -0.4 is 5.73 Å². The summed E-state index contributed by atoms with van der Waals surface area (Å²) in [4.78, 5) is 5.29. The summed E-state index contributed by atoms with van der Waals surface area (Å²) < 4.78 is 2.87. The quantitative estimate of drug-likeness (QED) is 0.676. The highest BCUT2D eigenvalue weighted by molar-refractivity contribution is 14.1. The molecule has 6 heteroatoms. The number of rotatable bonds is 2. The van der Waals surface area contributed by atoms with Gasteiger partial charge in [-0.25, -0.2) is 9.67 Å². The van der Waals surface area contributed by atoms with Crippen LogP contribution in [0, 0.1) is 3.57 Å². The van der Waals surface area contributed by atoms with Gasteiger partial charge < -0.3 is 5.73 Å². The fraction of sp³-hybridized carbons (Fsp3) is 0.111. The average Bonchev–Trinajstić information content (AvgIpc) is 2.57. The summed E-state index contributed by atoms with van der Waals surface area (Å²) in [6.45, 7) is 0. The molecule has 0 amide bonds. The highest BCUT2D eigenvalue weighted by atomic mass is 127. The predicted molar refractivity (Wildman–Crippen MR) is 68.7 cm³/mol. The van der Waals surface area contributed by atoms with E-state index in [1.54, 1.807) is 22.8 Å². The number of hydrogen-bond acceptors (Lipinski definition) is 4. The Morgan fingerprint density at radius 1 is 1.47 bits per heavy atom. The molecule has 0 aliphatic heterocycles. The van der Waals surface area contributed by atoms with Crippen LogP contribution in [-0.4, -0.2) is 14.8 Å². The molecule has 0 aliphatic rings. The molecule has 4 nitrogen and oxygen atoms in total. The van der Waals surface area contributed by atoms with Crippen molar-refractivity contribution >= 4 is 40.0 Å². The van der Waals surface area contributed by atoms with Gasteiger partial charge in [0.05, 0.1) is 0 Å². The van der Waals surface area contributed by atoms with Gasteiger partial charge in [0.25, 0.3) is 0 Å². The number of nitrogen functional groups attached to an aromatic ring is 1. The van der Waals surface area contributed by atoms with Crippen LogP contribution in [0.15, 0.2) is 34.6 Å². The van der Waals surface area contributed by atoms with E-state index in [0.717, 1.165) is 19.3 Å². The van der Waals surface area contributed by atoms with Gasteiger partial charge in [-0.15, -0.1) is 0 Å². The van der Waals surface area contributed by atoms with Gasteiger partial charge >= 0.3 is 0 Å². The van der Waals surface area contributed by atoms with Crippen LogP contribution in [0.5, 0.6) is 0 Å². The topological polar surface area (TPSA) is 56.7 Å². The van der Waals surface area contributed by atoms with Crippen LogP contribution in [0.4, 0.5) is 5.69 Å². The second-order valence-corrected chi connectivity index (χ2v) is 5.13. The lowest BCUT2D eigenvalue weighted by Crippen LogP contribution is -1.93. The molecule has 78 valence electrons. The summed E-state index contributed by atoms with van der Waals surface area (Å²) in [5, 5.41) is 4.89. The van der Waals surface area contributed by atoms with Gasteiger partial charge in [-0.2, -0.15) is 5.10 Å². The highest BCUT2D eigenvalue weighted by Gasteiger charge is 2.06. The first-order valence-electron chi connectivity index (χ1n) is 4.23. The smallest absolute Gasteiger partial charge is 0.190 e. The molecule has 0 bridgehead atoms. The first kappa shape index (κ1) is 10.7. The van der Waals surface area contributed by atoms with Crippen molar-refractivity contribution in [2.75, 3.05) is 5.73 Å². The van der Waals surface area contributed by atoms with Crippen molar-refractivity contribution in [1.82, 2.24) is 14.8 Å². The zero-order valence-corrected chi connectivity index (χ0v) is 11.0. The molecule has 0 unspecified atom stereocenters. The monoisotopic (exact) mass is 332 g/mol. The first-order chi connectivity index (χ1) is 7.16. The Morgan fingerprint density at radius 2 is 2.27 bits per heavy atom. The molecule has 15 heavy (non-hydrogen) atoms. The van der Waals surface area contributed by atoms with Gasteiger partial charge in [-0.1, -0.05) is 0 Å². The molecule has 0 atom stereocenters. The van der Waals surface area contributed by atoms with E-state index in [0.29, 0.717) is 0 Å². The van der Waals surface area contributed by atoms with E-state index in [2.05, 4.69) is 32.7 Å². The Morgan fingerprint density at radius 3 is 2.87 bits per heavy atom. The number of aromatic nitrogens is 3. The molecule has 0 spiro atoms. The van der Waals surface area contributed by atoms with Crippen molar-refractivity contribution in [2.24, 2.45) is 7.05 Å². The Bertz CT molecular complexity index is 483. The third-order valence-corrected chi connectivity index (χ3v) is 4.21. The lowest BCUT2D eigenvalue weighted by atomic mass is 10.3. The predicted octanol–water partition coefficient (Wildman–Crippen LogP) is 2.15. The standard InChI is InChI=1S/C9H9IN4S/c1-14-9(12-5-13-14)15-8-3-2-6(11)4-7(8)10/h2-5H,11H2,1H3. The molecule has 1 heterocycles. The molecule has 0 aliphatic carbocycles. The maximum atomic E-state index is 5.68.